The monoisotopic (exact) mass is 1020 g/mol. The molecular weight excluding hydrogens is 941 g/mol. The highest BCUT2D eigenvalue weighted by Crippen LogP contribution is 2.43. The summed E-state index contributed by atoms with van der Waals surface area (Å²) in [5.41, 5.74) is 10.7. The quantitative estimate of drug-likeness (QED) is 0.113. The molecule has 5 aliphatic rings. The van der Waals surface area contributed by atoms with Crippen molar-refractivity contribution in [2.75, 3.05) is 85.6 Å². The van der Waals surface area contributed by atoms with Gasteiger partial charge in [0.2, 0.25) is 17.7 Å². The molecule has 5 atom stereocenters. The zero-order valence-electron chi connectivity index (χ0n) is 44.5. The third kappa shape index (κ3) is 11.3. The summed E-state index contributed by atoms with van der Waals surface area (Å²) in [5.74, 6) is -2.15. The topological polar surface area (TPSA) is 204 Å². The summed E-state index contributed by atoms with van der Waals surface area (Å²) in [6.07, 6.45) is 6.37. The van der Waals surface area contributed by atoms with Gasteiger partial charge in [-0.3, -0.25) is 34.0 Å². The van der Waals surface area contributed by atoms with Gasteiger partial charge < -0.3 is 49.4 Å². The van der Waals surface area contributed by atoms with Gasteiger partial charge in [-0.1, -0.05) is 38.8 Å². The number of hydrogen-bond donors (Lipinski definition) is 4. The van der Waals surface area contributed by atoms with Gasteiger partial charge in [0, 0.05) is 95.3 Å². The average Bonchev–Trinajstić information content (AvgIpc) is 4.02. The fourth-order valence-electron chi connectivity index (χ4n) is 11.6. The van der Waals surface area contributed by atoms with E-state index in [0.29, 0.717) is 37.9 Å². The number of anilines is 1. The molecule has 0 unspecified atom stereocenters. The Morgan fingerprint density at radius 3 is 2.43 bits per heavy atom. The predicted octanol–water partition coefficient (Wildman–Crippen LogP) is 4.65. The average molecular weight is 1020 g/mol. The first-order valence-electron chi connectivity index (χ1n) is 26.7. The number of phenolic OH excluding ortho intramolecular Hbond substituents is 1. The number of fused-ring (bicyclic) bond motifs is 6. The van der Waals surface area contributed by atoms with Crippen LogP contribution in [0.15, 0.2) is 48.7 Å². The van der Waals surface area contributed by atoms with Crippen molar-refractivity contribution in [3.63, 3.8) is 0 Å². The van der Waals surface area contributed by atoms with Gasteiger partial charge >= 0.3 is 5.97 Å². The lowest BCUT2D eigenvalue weighted by molar-refractivity contribution is -0.155. The molecule has 1 saturated carbocycles. The van der Waals surface area contributed by atoms with E-state index in [-0.39, 0.29) is 61.7 Å². The Bertz CT molecular complexity index is 2760. The highest BCUT2D eigenvalue weighted by Gasteiger charge is 2.41. The van der Waals surface area contributed by atoms with E-state index in [2.05, 4.69) is 82.5 Å². The van der Waals surface area contributed by atoms with Gasteiger partial charge in [-0.05, 0) is 112 Å². The number of phenols is 1. The Kier molecular flexibility index (Phi) is 15.7. The molecule has 4 aliphatic heterocycles. The summed E-state index contributed by atoms with van der Waals surface area (Å²) in [6, 6.07) is 10.7. The van der Waals surface area contributed by atoms with Crippen LogP contribution in [0.3, 0.4) is 0 Å². The van der Waals surface area contributed by atoms with Crippen LogP contribution in [0.25, 0.3) is 33.3 Å². The van der Waals surface area contributed by atoms with Crippen molar-refractivity contribution >= 4 is 46.2 Å². The fraction of sp³-hybridized carbons (Fsp3) is 0.571. The van der Waals surface area contributed by atoms with Crippen LogP contribution in [-0.2, 0) is 52.8 Å². The number of esters is 1. The first-order valence-corrected chi connectivity index (χ1v) is 26.7. The molecule has 2 aromatic carbocycles. The molecule has 2 aromatic heterocycles. The summed E-state index contributed by atoms with van der Waals surface area (Å²) >= 11 is 0. The summed E-state index contributed by atoms with van der Waals surface area (Å²) < 4.78 is 14.6. The van der Waals surface area contributed by atoms with Crippen molar-refractivity contribution in [1.82, 2.24) is 45.3 Å². The molecule has 18 nitrogen and oxygen atoms in total. The smallest absolute Gasteiger partial charge is 0.324 e. The van der Waals surface area contributed by atoms with E-state index < -0.39 is 41.3 Å². The number of ether oxygens (including phenoxy) is 2. The Hall–Kier alpha value is -6.08. The van der Waals surface area contributed by atoms with Crippen molar-refractivity contribution in [1.29, 1.82) is 0 Å². The van der Waals surface area contributed by atoms with Gasteiger partial charge in [0.25, 0.3) is 5.91 Å². The molecule has 9 rings (SSSR count). The zero-order valence-corrected chi connectivity index (χ0v) is 44.5. The van der Waals surface area contributed by atoms with E-state index in [1.54, 1.807) is 33.3 Å². The molecule has 4 amide bonds. The number of piperazine rings is 1. The second kappa shape index (κ2) is 22.0. The molecule has 4 N–H and O–H groups in total. The zero-order chi connectivity index (χ0) is 52.6. The molecule has 4 fully saturated rings. The third-order valence-electron chi connectivity index (χ3n) is 16.0. The number of likely N-dealkylation sites (N-methyl/N-ethyl adjacent to an activating group) is 3. The van der Waals surface area contributed by atoms with Crippen LogP contribution in [-0.4, -0.2) is 169 Å². The molecule has 4 aromatic rings. The molecule has 6 bridgehead atoms. The van der Waals surface area contributed by atoms with Gasteiger partial charge in [-0.25, -0.2) is 5.43 Å². The van der Waals surface area contributed by atoms with Gasteiger partial charge in [-0.2, -0.15) is 0 Å². The van der Waals surface area contributed by atoms with Crippen molar-refractivity contribution in [3.05, 3.63) is 65.5 Å². The fourth-order valence-corrected chi connectivity index (χ4v) is 11.6. The first kappa shape index (κ1) is 52.8. The van der Waals surface area contributed by atoms with Crippen LogP contribution in [0.2, 0.25) is 0 Å². The number of aromatic hydroxyl groups is 1. The van der Waals surface area contributed by atoms with Gasteiger partial charge in [0.1, 0.15) is 23.9 Å². The molecule has 6 heterocycles. The largest absolute Gasteiger partial charge is 0.508 e. The number of benzene rings is 2. The van der Waals surface area contributed by atoms with Crippen molar-refractivity contribution in [3.8, 4) is 28.1 Å². The maximum absolute atomic E-state index is 14.9. The Morgan fingerprint density at radius 2 is 1.73 bits per heavy atom. The summed E-state index contributed by atoms with van der Waals surface area (Å²) in [4.78, 5) is 83.3. The normalized spacial score (nSPS) is 22.5. The number of hydrazine groups is 1. The predicted molar refractivity (Wildman–Crippen MR) is 283 cm³/mol. The number of rotatable bonds is 12. The van der Waals surface area contributed by atoms with Crippen LogP contribution < -0.4 is 21.0 Å². The number of carbonyl (C=O) groups is 5. The number of pyridine rings is 1. The highest BCUT2D eigenvalue weighted by molar-refractivity contribution is 5.97. The van der Waals surface area contributed by atoms with Crippen molar-refractivity contribution in [2.24, 2.45) is 11.3 Å². The van der Waals surface area contributed by atoms with Gasteiger partial charge in [0.05, 0.1) is 48.6 Å². The maximum atomic E-state index is 14.9. The number of hydrogen-bond acceptors (Lipinski definition) is 13. The number of cyclic esters (lactones) is 1. The lowest BCUT2D eigenvalue weighted by Crippen LogP contribution is -2.62. The number of nitrogens with one attached hydrogen (secondary N) is 3. The molecule has 74 heavy (non-hydrogen) atoms. The Morgan fingerprint density at radius 1 is 0.986 bits per heavy atom. The minimum absolute atomic E-state index is 0.00387. The Labute approximate surface area is 435 Å². The molecular formula is C56H76N10O8. The number of carbonyl (C=O) groups excluding carboxylic acids is 5. The lowest BCUT2D eigenvalue weighted by atomic mass is 9.84. The van der Waals surface area contributed by atoms with Crippen LogP contribution in [0.5, 0.6) is 5.75 Å². The summed E-state index contributed by atoms with van der Waals surface area (Å²) in [6.45, 7) is 13.4. The molecule has 0 spiro atoms. The maximum Gasteiger partial charge on any atom is 0.324 e. The number of methoxy groups -OCH3 is 1. The Balaban J connectivity index is 1.13. The summed E-state index contributed by atoms with van der Waals surface area (Å²) in [5, 5.41) is 20.0. The second-order valence-electron chi connectivity index (χ2n) is 22.2. The minimum atomic E-state index is -1.16. The van der Waals surface area contributed by atoms with Gasteiger partial charge in [-0.15, -0.1) is 0 Å². The number of aryl methyl sites for hydroxylation is 1. The molecule has 1 aliphatic carbocycles. The van der Waals surface area contributed by atoms with E-state index in [4.69, 9.17) is 14.5 Å². The second-order valence-corrected chi connectivity index (χ2v) is 22.2. The third-order valence-corrected chi connectivity index (χ3v) is 16.0. The standard InChI is InChI=1S/C56H76N10O8/c1-9-65-47-17-16-37-27-41(47)43(51(65)42-28-39(30-58-49(42)34(2)73-8)64-21-19-61(5)20-22-64)29-56(3,4)33-74-55(72)44-15-12-18-66(60-44)54(71)45(25-35-23-38(37)26-40(67)24-35)59-52(69)50(36-13-10-11-14-36)63(7)48(68)32-62(6)53(70)46-31-57-46/h16-17,23-24,26-28,30,34,36,44-46,50,57,60,67H,9-15,18-22,25,29,31-33H2,1-8H3,(H,59,69)/t34-,44-,45-,46+,50-/m0/s1. The summed E-state index contributed by atoms with van der Waals surface area (Å²) in [7, 11) is 7.03. The van der Waals surface area contributed by atoms with Crippen LogP contribution in [0.1, 0.15) is 89.1 Å². The van der Waals surface area contributed by atoms with E-state index >= 15 is 0 Å². The van der Waals surface area contributed by atoms with Crippen molar-refractivity contribution in [2.45, 2.75) is 116 Å². The molecule has 18 heteroatoms. The van der Waals surface area contributed by atoms with E-state index in [1.165, 1.54) is 14.8 Å². The molecule has 3 saturated heterocycles. The van der Waals surface area contributed by atoms with Crippen LogP contribution >= 0.6 is 0 Å². The van der Waals surface area contributed by atoms with E-state index in [1.807, 2.05) is 19.2 Å². The van der Waals surface area contributed by atoms with Gasteiger partial charge in [0.15, 0.2) is 0 Å². The van der Waals surface area contributed by atoms with E-state index in [9.17, 15) is 29.1 Å². The highest BCUT2D eigenvalue weighted by atomic mass is 16.5. The number of nitrogens with zero attached hydrogens (tertiary/aromatic N) is 7. The van der Waals surface area contributed by atoms with E-state index in [0.717, 1.165) is 102 Å². The lowest BCUT2D eigenvalue weighted by Gasteiger charge is -2.37. The minimum Gasteiger partial charge on any atom is -0.508 e. The van der Waals surface area contributed by atoms with Crippen molar-refractivity contribution < 1.29 is 38.6 Å². The number of aromatic nitrogens is 2. The molecule has 0 radical (unpaired) electrons. The van der Waals surface area contributed by atoms with Crippen LogP contribution in [0, 0.1) is 11.3 Å². The molecule has 398 valence electrons. The SMILES string of the molecule is CCn1c(-c2cc(N3CCN(C)CC3)cnc2[C@H](C)OC)c2c3cc(ccc31)-c1cc(O)cc(c1)C[C@H](NC(=O)[C@H](C1CCCC1)N(C)C(=O)CN(C)C(=O)[C@H]1CN1)C(=O)N1CCC[C@H](N1)C(=O)OCC(C)(C)C2. The first-order chi connectivity index (χ1) is 35.4. The van der Waals surface area contributed by atoms with Crippen LogP contribution in [0.4, 0.5) is 5.69 Å². The number of amides is 4.